The molecule has 2 aromatic carbocycles. The molecule has 0 aromatic heterocycles. The minimum atomic E-state index is 0.215. The zero-order chi connectivity index (χ0) is 15.9. The van der Waals surface area contributed by atoms with Gasteiger partial charge in [-0.2, -0.15) is 0 Å². The van der Waals surface area contributed by atoms with Crippen LogP contribution in [0.4, 0.5) is 0 Å². The van der Waals surface area contributed by atoms with Crippen molar-refractivity contribution >= 4 is 0 Å². The van der Waals surface area contributed by atoms with Gasteiger partial charge in [0, 0.05) is 12.6 Å². The normalized spacial score (nSPS) is 12.4. The lowest BCUT2D eigenvalue weighted by Crippen LogP contribution is -2.20. The summed E-state index contributed by atoms with van der Waals surface area (Å²) in [6.45, 7) is 9.37. The maximum atomic E-state index is 5.71. The monoisotopic (exact) mass is 297 g/mol. The molecule has 2 rings (SSSR count). The average Bonchev–Trinajstić information content (AvgIpc) is 2.50. The van der Waals surface area contributed by atoms with Crippen molar-refractivity contribution < 1.29 is 4.74 Å². The molecule has 22 heavy (non-hydrogen) atoms. The average molecular weight is 297 g/mol. The second-order valence-electron chi connectivity index (χ2n) is 6.00. The number of rotatable bonds is 7. The molecule has 2 nitrogen and oxygen atoms in total. The van der Waals surface area contributed by atoms with Crippen LogP contribution in [0.2, 0.25) is 0 Å². The van der Waals surface area contributed by atoms with Crippen molar-refractivity contribution in [3.8, 4) is 5.75 Å². The molecule has 1 atom stereocenters. The topological polar surface area (TPSA) is 21.3 Å². The third-order valence-corrected chi connectivity index (χ3v) is 3.86. The van der Waals surface area contributed by atoms with E-state index in [1.807, 2.05) is 13.8 Å². The van der Waals surface area contributed by atoms with Gasteiger partial charge in [-0.1, -0.05) is 43.3 Å². The van der Waals surface area contributed by atoms with Crippen LogP contribution in [-0.4, -0.2) is 6.10 Å². The fraction of sp³-hybridized carbons (Fsp3) is 0.400. The van der Waals surface area contributed by atoms with Gasteiger partial charge in [-0.15, -0.1) is 0 Å². The van der Waals surface area contributed by atoms with E-state index in [4.69, 9.17) is 4.74 Å². The van der Waals surface area contributed by atoms with Crippen LogP contribution in [0.15, 0.2) is 48.5 Å². The van der Waals surface area contributed by atoms with Crippen molar-refractivity contribution in [2.24, 2.45) is 0 Å². The highest BCUT2D eigenvalue weighted by atomic mass is 16.5. The lowest BCUT2D eigenvalue weighted by Gasteiger charge is -2.19. The summed E-state index contributed by atoms with van der Waals surface area (Å²) in [5, 5.41) is 3.66. The molecule has 0 fully saturated rings. The summed E-state index contributed by atoms with van der Waals surface area (Å²) in [4.78, 5) is 0. The fourth-order valence-electron chi connectivity index (χ4n) is 2.59. The first-order valence-electron chi connectivity index (χ1n) is 8.14. The number of benzene rings is 2. The van der Waals surface area contributed by atoms with Crippen molar-refractivity contribution in [3.05, 3.63) is 65.2 Å². The van der Waals surface area contributed by atoms with Gasteiger partial charge >= 0.3 is 0 Å². The first kappa shape index (κ1) is 16.6. The summed E-state index contributed by atoms with van der Waals surface area (Å²) in [6.07, 6.45) is 1.28. The largest absolute Gasteiger partial charge is 0.491 e. The highest BCUT2D eigenvalue weighted by Gasteiger charge is 2.09. The Morgan fingerprint density at radius 1 is 1.00 bits per heavy atom. The Morgan fingerprint density at radius 3 is 2.27 bits per heavy atom. The van der Waals surface area contributed by atoms with Crippen LogP contribution in [0.1, 0.15) is 49.9 Å². The van der Waals surface area contributed by atoms with Crippen LogP contribution in [-0.2, 0) is 6.54 Å². The summed E-state index contributed by atoms with van der Waals surface area (Å²) in [5.41, 5.74) is 4.01. The summed E-state index contributed by atoms with van der Waals surface area (Å²) < 4.78 is 5.71. The van der Waals surface area contributed by atoms with Gasteiger partial charge < -0.3 is 10.1 Å². The summed E-state index contributed by atoms with van der Waals surface area (Å²) in [7, 11) is 0. The molecular weight excluding hydrogens is 270 g/mol. The molecule has 0 spiro atoms. The lowest BCUT2D eigenvalue weighted by atomic mass is 10.0. The van der Waals surface area contributed by atoms with Crippen molar-refractivity contribution in [2.75, 3.05) is 0 Å². The molecule has 0 aliphatic rings. The van der Waals surface area contributed by atoms with Crippen LogP contribution < -0.4 is 10.1 Å². The van der Waals surface area contributed by atoms with E-state index >= 15 is 0 Å². The molecular formula is C20H27NO. The summed E-state index contributed by atoms with van der Waals surface area (Å²) in [5.74, 6) is 0.938. The fourth-order valence-corrected chi connectivity index (χ4v) is 2.59. The zero-order valence-corrected chi connectivity index (χ0v) is 14.1. The van der Waals surface area contributed by atoms with Crippen LogP contribution >= 0.6 is 0 Å². The third kappa shape index (κ3) is 4.60. The number of hydrogen-bond donors (Lipinski definition) is 1. The Morgan fingerprint density at radius 2 is 1.68 bits per heavy atom. The van der Waals surface area contributed by atoms with Crippen LogP contribution in [0.3, 0.4) is 0 Å². The Balaban J connectivity index is 2.00. The van der Waals surface area contributed by atoms with Gasteiger partial charge in [0.05, 0.1) is 6.10 Å². The van der Waals surface area contributed by atoms with Gasteiger partial charge in [-0.05, 0) is 56.0 Å². The van der Waals surface area contributed by atoms with E-state index in [-0.39, 0.29) is 6.10 Å². The van der Waals surface area contributed by atoms with E-state index in [0.29, 0.717) is 6.04 Å². The molecule has 0 bridgehead atoms. The van der Waals surface area contributed by atoms with Crippen molar-refractivity contribution in [2.45, 2.75) is 52.8 Å². The van der Waals surface area contributed by atoms with Gasteiger partial charge in [-0.25, -0.2) is 0 Å². The second-order valence-corrected chi connectivity index (χ2v) is 6.00. The van der Waals surface area contributed by atoms with Crippen LogP contribution in [0.25, 0.3) is 0 Å². The maximum Gasteiger partial charge on any atom is 0.119 e. The highest BCUT2D eigenvalue weighted by Crippen LogP contribution is 2.21. The molecule has 0 aliphatic heterocycles. The second kappa shape index (κ2) is 8.00. The van der Waals surface area contributed by atoms with E-state index in [1.165, 1.54) is 16.7 Å². The number of nitrogens with one attached hydrogen (secondary N) is 1. The van der Waals surface area contributed by atoms with E-state index in [9.17, 15) is 0 Å². The summed E-state index contributed by atoms with van der Waals surface area (Å²) >= 11 is 0. The first-order valence-corrected chi connectivity index (χ1v) is 8.14. The van der Waals surface area contributed by atoms with Crippen molar-refractivity contribution in [1.82, 2.24) is 5.32 Å². The van der Waals surface area contributed by atoms with Crippen molar-refractivity contribution in [1.29, 1.82) is 0 Å². The molecule has 0 aliphatic carbocycles. The smallest absolute Gasteiger partial charge is 0.119 e. The molecule has 1 unspecified atom stereocenters. The highest BCUT2D eigenvalue weighted by molar-refractivity contribution is 5.30. The van der Waals surface area contributed by atoms with Crippen molar-refractivity contribution in [3.63, 3.8) is 0 Å². The Kier molecular flexibility index (Phi) is 6.02. The summed E-state index contributed by atoms with van der Waals surface area (Å²) in [6, 6.07) is 17.4. The Bertz CT molecular complexity index is 575. The quantitative estimate of drug-likeness (QED) is 0.774. The molecule has 118 valence electrons. The molecule has 0 heterocycles. The van der Waals surface area contributed by atoms with Gasteiger partial charge in [-0.3, -0.25) is 0 Å². The molecule has 2 heteroatoms. The maximum absolute atomic E-state index is 5.71. The molecule has 0 saturated carbocycles. The number of hydrogen-bond acceptors (Lipinski definition) is 2. The van der Waals surface area contributed by atoms with E-state index in [1.54, 1.807) is 0 Å². The van der Waals surface area contributed by atoms with Gasteiger partial charge in [0.1, 0.15) is 5.75 Å². The van der Waals surface area contributed by atoms with E-state index in [2.05, 4.69) is 67.7 Å². The predicted octanol–water partition coefficient (Wildman–Crippen LogP) is 5.02. The Hall–Kier alpha value is -1.80. The van der Waals surface area contributed by atoms with Crippen LogP contribution in [0.5, 0.6) is 5.75 Å². The van der Waals surface area contributed by atoms with E-state index in [0.717, 1.165) is 18.7 Å². The zero-order valence-electron chi connectivity index (χ0n) is 14.1. The molecule has 2 aromatic rings. The van der Waals surface area contributed by atoms with Gasteiger partial charge in [0.25, 0.3) is 0 Å². The third-order valence-electron chi connectivity index (χ3n) is 3.86. The van der Waals surface area contributed by atoms with Gasteiger partial charge in [0.15, 0.2) is 0 Å². The molecule has 0 radical (unpaired) electrons. The number of aryl methyl sites for hydroxylation is 1. The minimum Gasteiger partial charge on any atom is -0.491 e. The molecule has 0 amide bonds. The SMILES string of the molecule is CCC(NCc1ccccc1C)c1ccc(OC(C)C)cc1. The van der Waals surface area contributed by atoms with E-state index < -0.39 is 0 Å². The molecule has 0 saturated heterocycles. The molecule has 1 N–H and O–H groups in total. The lowest BCUT2D eigenvalue weighted by molar-refractivity contribution is 0.242. The first-order chi connectivity index (χ1) is 10.6. The number of ether oxygens (including phenoxy) is 1. The Labute approximate surface area is 134 Å². The minimum absolute atomic E-state index is 0.215. The van der Waals surface area contributed by atoms with Crippen LogP contribution in [0, 0.1) is 6.92 Å². The van der Waals surface area contributed by atoms with Gasteiger partial charge in [0.2, 0.25) is 0 Å². The predicted molar refractivity (Wildman–Crippen MR) is 93.3 cm³/mol. The standard InChI is InChI=1S/C20H27NO/c1-5-20(21-14-18-9-7-6-8-16(18)4)17-10-12-19(13-11-17)22-15(2)3/h6-13,15,20-21H,5,14H2,1-4H3.